The van der Waals surface area contributed by atoms with Gasteiger partial charge in [0.15, 0.2) is 0 Å². The van der Waals surface area contributed by atoms with Gasteiger partial charge in [0, 0.05) is 19.5 Å². The quantitative estimate of drug-likeness (QED) is 0.581. The molecule has 0 radical (unpaired) electrons. The normalized spacial score (nSPS) is 22.8. The summed E-state index contributed by atoms with van der Waals surface area (Å²) in [7, 11) is 0. The maximum absolute atomic E-state index is 13.4. The number of halogens is 2. The van der Waals surface area contributed by atoms with Crippen LogP contribution in [0.5, 0.6) is 0 Å². The molecule has 1 aromatic heterocycles. The van der Waals surface area contributed by atoms with Gasteiger partial charge in [-0.15, -0.1) is 11.3 Å². The van der Waals surface area contributed by atoms with Gasteiger partial charge < -0.3 is 21.1 Å². The Morgan fingerprint density at radius 3 is 2.59 bits per heavy atom. The first-order valence-corrected chi connectivity index (χ1v) is 11.4. The summed E-state index contributed by atoms with van der Waals surface area (Å²) < 4.78 is 26.7. The second-order valence-corrected chi connectivity index (χ2v) is 9.44. The molecule has 172 valence electrons. The lowest BCUT2D eigenvalue weighted by Crippen LogP contribution is -2.55. The number of rotatable bonds is 7. The van der Waals surface area contributed by atoms with E-state index < -0.39 is 41.8 Å². The average Bonchev–Trinajstić information content (AvgIpc) is 3.35. The Hall–Kier alpha value is -2.43. The molecule has 2 amide bonds. The molecule has 2 aliphatic rings. The van der Waals surface area contributed by atoms with E-state index in [0.29, 0.717) is 0 Å². The molecular formula is C22H26F2N4O3S. The standard InChI is InChI=1S/C22H26F2N4O3S/c1-12-17(32-11-27-12)14-4-2-13(3-5-14)9-26-19(30)16-8-15(29)10-28(16)20(31)18(25)22(6-7-22)21(23)24/h2-5,11,15-16,18,21,29H,6-10,25H2,1H3,(H,26,30)/t15-,16+,18?/m1/s1. The number of likely N-dealkylation sites (tertiary alicyclic amines) is 1. The lowest BCUT2D eigenvalue weighted by atomic mass is 9.96. The predicted octanol–water partition coefficient (Wildman–Crippen LogP) is 2.07. The molecule has 2 heterocycles. The van der Waals surface area contributed by atoms with E-state index in [-0.39, 0.29) is 32.4 Å². The summed E-state index contributed by atoms with van der Waals surface area (Å²) in [4.78, 5) is 32.1. The fourth-order valence-electron chi connectivity index (χ4n) is 4.20. The number of thiazole rings is 1. The molecule has 4 rings (SSSR count). The van der Waals surface area contributed by atoms with Crippen molar-refractivity contribution >= 4 is 23.2 Å². The highest BCUT2D eigenvalue weighted by molar-refractivity contribution is 7.13. The topological polar surface area (TPSA) is 109 Å². The summed E-state index contributed by atoms with van der Waals surface area (Å²) in [5, 5.41) is 12.8. The van der Waals surface area contributed by atoms with Crippen molar-refractivity contribution in [2.75, 3.05) is 6.54 Å². The van der Waals surface area contributed by atoms with Gasteiger partial charge in [0.05, 0.1) is 33.6 Å². The number of nitrogens with one attached hydrogen (secondary N) is 1. The van der Waals surface area contributed by atoms with Crippen molar-refractivity contribution < 1.29 is 23.5 Å². The van der Waals surface area contributed by atoms with E-state index in [1.807, 2.05) is 31.2 Å². The van der Waals surface area contributed by atoms with Gasteiger partial charge in [0.2, 0.25) is 18.2 Å². The summed E-state index contributed by atoms with van der Waals surface area (Å²) in [6, 6.07) is 5.39. The number of hydrogen-bond donors (Lipinski definition) is 3. The molecule has 7 nitrogen and oxygen atoms in total. The van der Waals surface area contributed by atoms with Crippen molar-refractivity contribution in [1.29, 1.82) is 0 Å². The molecule has 2 aromatic rings. The Bertz CT molecular complexity index is 993. The highest BCUT2D eigenvalue weighted by atomic mass is 32.1. The molecule has 1 saturated carbocycles. The van der Waals surface area contributed by atoms with E-state index in [2.05, 4.69) is 10.3 Å². The number of carbonyl (C=O) groups excluding carboxylic acids is 2. The zero-order valence-electron chi connectivity index (χ0n) is 17.6. The van der Waals surface area contributed by atoms with Crippen LogP contribution >= 0.6 is 11.3 Å². The molecule has 1 unspecified atom stereocenters. The number of aliphatic hydroxyl groups excluding tert-OH is 1. The Morgan fingerprint density at radius 2 is 2.03 bits per heavy atom. The van der Waals surface area contributed by atoms with E-state index in [1.165, 1.54) is 0 Å². The first-order chi connectivity index (χ1) is 15.2. The summed E-state index contributed by atoms with van der Waals surface area (Å²) in [6.45, 7) is 2.09. The highest BCUT2D eigenvalue weighted by Gasteiger charge is 2.59. The van der Waals surface area contributed by atoms with Crippen molar-refractivity contribution in [3.8, 4) is 10.4 Å². The van der Waals surface area contributed by atoms with Gasteiger partial charge in [-0.25, -0.2) is 13.8 Å². The highest BCUT2D eigenvalue weighted by Crippen LogP contribution is 2.53. The molecule has 0 spiro atoms. The number of carbonyl (C=O) groups is 2. The number of aryl methyl sites for hydroxylation is 1. The largest absolute Gasteiger partial charge is 0.391 e. The monoisotopic (exact) mass is 464 g/mol. The minimum absolute atomic E-state index is 0.0512. The number of benzene rings is 1. The van der Waals surface area contributed by atoms with Gasteiger partial charge in [0.25, 0.3) is 0 Å². The van der Waals surface area contributed by atoms with E-state index in [0.717, 1.165) is 26.6 Å². The number of nitrogens with zero attached hydrogens (tertiary/aromatic N) is 2. The maximum atomic E-state index is 13.4. The zero-order chi connectivity index (χ0) is 23.0. The van der Waals surface area contributed by atoms with Crippen LogP contribution in [-0.4, -0.2) is 58.0 Å². The smallest absolute Gasteiger partial charge is 0.246 e. The number of alkyl halides is 2. The summed E-state index contributed by atoms with van der Waals surface area (Å²) in [6.07, 6.45) is -3.18. The Kier molecular flexibility index (Phi) is 6.28. The molecular weight excluding hydrogens is 438 g/mol. The van der Waals surface area contributed by atoms with E-state index >= 15 is 0 Å². The number of nitrogens with two attached hydrogens (primary N) is 1. The third kappa shape index (κ3) is 4.26. The molecule has 1 saturated heterocycles. The SMILES string of the molecule is Cc1ncsc1-c1ccc(CNC(=O)[C@@H]2C[C@@H](O)CN2C(=O)C(N)C2(C(F)F)CC2)cc1. The van der Waals surface area contributed by atoms with Crippen molar-refractivity contribution in [2.45, 2.75) is 57.3 Å². The lowest BCUT2D eigenvalue weighted by Gasteiger charge is -2.30. The summed E-state index contributed by atoms with van der Waals surface area (Å²) in [5.41, 5.74) is 9.03. The van der Waals surface area contributed by atoms with Crippen molar-refractivity contribution in [1.82, 2.24) is 15.2 Å². The van der Waals surface area contributed by atoms with Crippen molar-refractivity contribution in [3.05, 3.63) is 41.0 Å². The van der Waals surface area contributed by atoms with Gasteiger partial charge >= 0.3 is 0 Å². The minimum Gasteiger partial charge on any atom is -0.391 e. The maximum Gasteiger partial charge on any atom is 0.246 e. The molecule has 1 aliphatic carbocycles. The average molecular weight is 465 g/mol. The number of β-amino-alcohol motifs (C(OH)–C–C–N with tert-alkyl or cyclic N) is 1. The van der Waals surface area contributed by atoms with Crippen LogP contribution in [0.2, 0.25) is 0 Å². The fraction of sp³-hybridized carbons (Fsp3) is 0.500. The molecule has 4 N–H and O–H groups in total. The molecule has 1 aliphatic heterocycles. The first-order valence-electron chi connectivity index (χ1n) is 10.5. The lowest BCUT2D eigenvalue weighted by molar-refractivity contribution is -0.142. The van der Waals surface area contributed by atoms with Gasteiger partial charge in [0.1, 0.15) is 6.04 Å². The molecule has 1 aromatic carbocycles. The Labute approximate surface area is 188 Å². The van der Waals surface area contributed by atoms with Crippen molar-refractivity contribution in [2.24, 2.45) is 11.1 Å². The molecule has 3 atom stereocenters. The second kappa shape index (κ2) is 8.84. The fourth-order valence-corrected chi connectivity index (χ4v) is 5.01. The van der Waals surface area contributed by atoms with Gasteiger partial charge in [-0.05, 0) is 30.9 Å². The second-order valence-electron chi connectivity index (χ2n) is 8.59. The van der Waals surface area contributed by atoms with E-state index in [9.17, 15) is 23.5 Å². The first kappa shape index (κ1) is 22.8. The van der Waals surface area contributed by atoms with Crippen LogP contribution in [-0.2, 0) is 16.1 Å². The predicted molar refractivity (Wildman–Crippen MR) is 116 cm³/mol. The molecule has 0 bridgehead atoms. The number of hydrogen-bond acceptors (Lipinski definition) is 6. The van der Waals surface area contributed by atoms with E-state index in [1.54, 1.807) is 16.8 Å². The van der Waals surface area contributed by atoms with Crippen LogP contribution in [0.1, 0.15) is 30.5 Å². The third-order valence-electron chi connectivity index (χ3n) is 6.44. The Balaban J connectivity index is 1.38. The van der Waals surface area contributed by atoms with Gasteiger partial charge in [-0.2, -0.15) is 0 Å². The van der Waals surface area contributed by atoms with E-state index in [4.69, 9.17) is 5.73 Å². The molecule has 10 heteroatoms. The zero-order valence-corrected chi connectivity index (χ0v) is 18.4. The Morgan fingerprint density at radius 1 is 1.34 bits per heavy atom. The summed E-state index contributed by atoms with van der Waals surface area (Å²) >= 11 is 1.56. The summed E-state index contributed by atoms with van der Waals surface area (Å²) in [5.74, 6) is -1.14. The minimum atomic E-state index is -2.70. The number of aliphatic hydroxyl groups is 1. The van der Waals surface area contributed by atoms with Crippen LogP contribution in [0.25, 0.3) is 10.4 Å². The molecule has 32 heavy (non-hydrogen) atoms. The van der Waals surface area contributed by atoms with Crippen LogP contribution in [0.15, 0.2) is 29.8 Å². The van der Waals surface area contributed by atoms with Crippen LogP contribution in [0.3, 0.4) is 0 Å². The molecule has 2 fully saturated rings. The van der Waals surface area contributed by atoms with Crippen LogP contribution < -0.4 is 11.1 Å². The third-order valence-corrected chi connectivity index (χ3v) is 7.42. The van der Waals surface area contributed by atoms with Crippen LogP contribution in [0, 0.1) is 12.3 Å². The van der Waals surface area contributed by atoms with Gasteiger partial charge in [-0.1, -0.05) is 24.3 Å². The van der Waals surface area contributed by atoms with Gasteiger partial charge in [-0.3, -0.25) is 9.59 Å². The van der Waals surface area contributed by atoms with Crippen molar-refractivity contribution in [3.63, 3.8) is 0 Å². The number of amides is 2. The number of aromatic nitrogens is 1. The van der Waals surface area contributed by atoms with Crippen LogP contribution in [0.4, 0.5) is 8.78 Å².